The molecule has 6 nitrogen and oxygen atoms in total. The van der Waals surface area contributed by atoms with Gasteiger partial charge < -0.3 is 14.5 Å². The molecule has 0 saturated carbocycles. The Morgan fingerprint density at radius 3 is 2.21 bits per heavy atom. The summed E-state index contributed by atoms with van der Waals surface area (Å²) in [6.07, 6.45) is 0.753. The van der Waals surface area contributed by atoms with Crippen molar-refractivity contribution in [3.05, 3.63) is 35.5 Å². The number of ether oxygens (including phenoxy) is 1. The zero-order valence-corrected chi connectivity index (χ0v) is 17.4. The normalized spacial score (nSPS) is 18.6. The molecular formula is C22H31N3O3. The van der Waals surface area contributed by atoms with Crippen molar-refractivity contribution in [2.75, 3.05) is 46.4 Å². The molecule has 0 radical (unpaired) electrons. The summed E-state index contributed by atoms with van der Waals surface area (Å²) in [6, 6.07) is 7.54. The number of amides is 2. The van der Waals surface area contributed by atoms with Crippen LogP contribution in [0.15, 0.2) is 30.0 Å². The fraction of sp³-hybridized carbons (Fsp3) is 0.545. The van der Waals surface area contributed by atoms with Crippen molar-refractivity contribution in [1.29, 1.82) is 0 Å². The number of nitrogens with zero attached hydrogens (tertiary/aromatic N) is 3. The molecule has 6 heteroatoms. The van der Waals surface area contributed by atoms with Crippen LogP contribution >= 0.6 is 0 Å². The van der Waals surface area contributed by atoms with E-state index >= 15 is 0 Å². The van der Waals surface area contributed by atoms with E-state index in [2.05, 4.69) is 30.7 Å². The number of rotatable bonds is 7. The highest BCUT2D eigenvalue weighted by molar-refractivity contribution is 6.35. The molecule has 0 bridgehead atoms. The number of carbonyl (C=O) groups excluding carboxylic acids is 2. The van der Waals surface area contributed by atoms with Crippen molar-refractivity contribution < 1.29 is 14.3 Å². The van der Waals surface area contributed by atoms with Gasteiger partial charge in [-0.2, -0.15) is 0 Å². The van der Waals surface area contributed by atoms with Crippen molar-refractivity contribution in [2.24, 2.45) is 5.92 Å². The van der Waals surface area contributed by atoms with Gasteiger partial charge in [0.2, 0.25) is 0 Å². The van der Waals surface area contributed by atoms with E-state index in [4.69, 9.17) is 4.74 Å². The topological polar surface area (TPSA) is 53.1 Å². The molecule has 0 atom stereocenters. The predicted octanol–water partition coefficient (Wildman–Crippen LogP) is 2.46. The van der Waals surface area contributed by atoms with E-state index in [9.17, 15) is 9.59 Å². The maximum absolute atomic E-state index is 13.1. The van der Waals surface area contributed by atoms with Gasteiger partial charge in [0.1, 0.15) is 11.4 Å². The Balaban J connectivity index is 1.92. The van der Waals surface area contributed by atoms with Gasteiger partial charge in [-0.15, -0.1) is 0 Å². The molecule has 1 aromatic carbocycles. The first-order valence-corrected chi connectivity index (χ1v) is 10.2. The third-order valence-corrected chi connectivity index (χ3v) is 5.14. The van der Waals surface area contributed by atoms with Crippen LogP contribution in [-0.4, -0.2) is 72.9 Å². The number of likely N-dealkylation sites (N-methyl/N-ethyl adjacent to an activating group) is 1. The van der Waals surface area contributed by atoms with Gasteiger partial charge in [-0.25, -0.2) is 0 Å². The van der Waals surface area contributed by atoms with Crippen LogP contribution < -0.4 is 4.74 Å². The van der Waals surface area contributed by atoms with E-state index < -0.39 is 0 Å². The number of imide groups is 1. The Labute approximate surface area is 167 Å². The number of hydrogen-bond acceptors (Lipinski definition) is 5. The zero-order valence-electron chi connectivity index (χ0n) is 17.4. The predicted molar refractivity (Wildman–Crippen MR) is 110 cm³/mol. The Kier molecular flexibility index (Phi) is 6.39. The maximum Gasteiger partial charge on any atom is 0.277 e. The van der Waals surface area contributed by atoms with Gasteiger partial charge in [0.15, 0.2) is 0 Å². The summed E-state index contributed by atoms with van der Waals surface area (Å²) in [4.78, 5) is 31.9. The average Bonchev–Trinajstić information content (AvgIpc) is 2.92. The lowest BCUT2D eigenvalue weighted by Crippen LogP contribution is -2.46. The van der Waals surface area contributed by atoms with Crippen LogP contribution in [-0.2, 0) is 9.59 Å². The van der Waals surface area contributed by atoms with Gasteiger partial charge in [0, 0.05) is 32.7 Å². The summed E-state index contributed by atoms with van der Waals surface area (Å²) in [5.74, 6) is 0.882. The zero-order chi connectivity index (χ0) is 20.3. The molecule has 2 amide bonds. The lowest BCUT2D eigenvalue weighted by atomic mass is 10.0. The molecule has 28 heavy (non-hydrogen) atoms. The van der Waals surface area contributed by atoms with Crippen LogP contribution in [0.3, 0.4) is 0 Å². The summed E-state index contributed by atoms with van der Waals surface area (Å²) in [5, 5.41) is 0. The maximum atomic E-state index is 13.1. The van der Waals surface area contributed by atoms with Crippen LogP contribution in [0, 0.1) is 5.92 Å². The minimum absolute atomic E-state index is 0.161. The Hall–Kier alpha value is -2.34. The molecule has 0 unspecified atom stereocenters. The van der Waals surface area contributed by atoms with E-state index in [1.807, 2.05) is 31.2 Å². The Bertz CT molecular complexity index is 747. The van der Waals surface area contributed by atoms with Crippen LogP contribution in [0.5, 0.6) is 5.75 Å². The molecule has 152 valence electrons. The molecule has 0 spiro atoms. The number of piperazine rings is 1. The Morgan fingerprint density at radius 2 is 1.64 bits per heavy atom. The van der Waals surface area contributed by atoms with Crippen molar-refractivity contribution in [1.82, 2.24) is 14.7 Å². The number of hydrogen-bond donors (Lipinski definition) is 0. The van der Waals surface area contributed by atoms with Crippen molar-refractivity contribution >= 4 is 17.4 Å². The van der Waals surface area contributed by atoms with E-state index in [0.717, 1.165) is 43.9 Å². The van der Waals surface area contributed by atoms with E-state index in [0.29, 0.717) is 30.3 Å². The Morgan fingerprint density at radius 1 is 1.00 bits per heavy atom. The number of carbonyl (C=O) groups is 2. The minimum Gasteiger partial charge on any atom is -0.493 e. The highest BCUT2D eigenvalue weighted by Gasteiger charge is 2.41. The van der Waals surface area contributed by atoms with Crippen LogP contribution in [0.1, 0.15) is 32.8 Å². The van der Waals surface area contributed by atoms with Gasteiger partial charge in [0.05, 0.1) is 12.2 Å². The average molecular weight is 386 g/mol. The SMILES string of the molecule is CCCN1C(=O)C(c2ccc(OCC(C)C)cc2)=C(N2CCN(C)CC2)C1=O. The van der Waals surface area contributed by atoms with Crippen molar-refractivity contribution in [3.63, 3.8) is 0 Å². The molecule has 3 rings (SSSR count). The third kappa shape index (κ3) is 4.22. The smallest absolute Gasteiger partial charge is 0.277 e. The van der Waals surface area contributed by atoms with Gasteiger partial charge in [-0.05, 0) is 37.1 Å². The molecular weight excluding hydrogens is 354 g/mol. The molecule has 1 aromatic rings. The highest BCUT2D eigenvalue weighted by atomic mass is 16.5. The lowest BCUT2D eigenvalue weighted by Gasteiger charge is -2.34. The summed E-state index contributed by atoms with van der Waals surface area (Å²) in [7, 11) is 2.08. The minimum atomic E-state index is -0.184. The summed E-state index contributed by atoms with van der Waals surface area (Å²) >= 11 is 0. The summed E-state index contributed by atoms with van der Waals surface area (Å²) in [6.45, 7) is 10.6. The first kappa shape index (κ1) is 20.4. The molecule has 0 aliphatic carbocycles. The molecule has 2 aliphatic heterocycles. The molecule has 2 heterocycles. The molecule has 2 aliphatic rings. The van der Waals surface area contributed by atoms with E-state index in [1.54, 1.807) is 0 Å². The fourth-order valence-electron chi connectivity index (χ4n) is 3.55. The summed E-state index contributed by atoms with van der Waals surface area (Å²) < 4.78 is 5.75. The lowest BCUT2D eigenvalue weighted by molar-refractivity contribution is -0.137. The van der Waals surface area contributed by atoms with Gasteiger partial charge in [0.25, 0.3) is 11.8 Å². The largest absolute Gasteiger partial charge is 0.493 e. The van der Waals surface area contributed by atoms with Crippen LogP contribution in [0.2, 0.25) is 0 Å². The molecule has 0 N–H and O–H groups in total. The first-order valence-electron chi connectivity index (χ1n) is 10.2. The van der Waals surface area contributed by atoms with Gasteiger partial charge in [-0.1, -0.05) is 32.9 Å². The van der Waals surface area contributed by atoms with Crippen LogP contribution in [0.4, 0.5) is 0 Å². The second-order valence-electron chi connectivity index (χ2n) is 8.01. The van der Waals surface area contributed by atoms with E-state index in [-0.39, 0.29) is 11.8 Å². The highest BCUT2D eigenvalue weighted by Crippen LogP contribution is 2.33. The molecule has 1 fully saturated rings. The van der Waals surface area contributed by atoms with Gasteiger partial charge >= 0.3 is 0 Å². The standard InChI is InChI=1S/C22H31N3O3/c1-5-10-25-21(26)19(17-6-8-18(9-7-17)28-15-16(2)3)20(22(25)27)24-13-11-23(4)12-14-24/h6-9,16H,5,10-15H2,1-4H3. The van der Waals surface area contributed by atoms with Crippen molar-refractivity contribution in [2.45, 2.75) is 27.2 Å². The van der Waals surface area contributed by atoms with E-state index in [1.165, 1.54) is 4.90 Å². The summed E-state index contributed by atoms with van der Waals surface area (Å²) in [5.41, 5.74) is 1.86. The fourth-order valence-corrected chi connectivity index (χ4v) is 3.55. The third-order valence-electron chi connectivity index (χ3n) is 5.14. The molecule has 1 saturated heterocycles. The number of benzene rings is 1. The quantitative estimate of drug-likeness (QED) is 0.675. The second-order valence-corrected chi connectivity index (χ2v) is 8.01. The van der Waals surface area contributed by atoms with Gasteiger partial charge in [-0.3, -0.25) is 14.5 Å². The van der Waals surface area contributed by atoms with Crippen LogP contribution in [0.25, 0.3) is 5.57 Å². The van der Waals surface area contributed by atoms with Crippen molar-refractivity contribution in [3.8, 4) is 5.75 Å². The molecule has 0 aromatic heterocycles. The first-order chi connectivity index (χ1) is 13.4. The monoisotopic (exact) mass is 385 g/mol. The second kappa shape index (κ2) is 8.78.